The number of hydrogen-bond donors (Lipinski definition) is 2. The molecule has 2 N–H and O–H groups in total. The monoisotopic (exact) mass is 389 g/mol. The van der Waals surface area contributed by atoms with Crippen LogP contribution in [0.5, 0.6) is 5.75 Å². The van der Waals surface area contributed by atoms with Crippen molar-refractivity contribution in [2.75, 3.05) is 17.3 Å². The van der Waals surface area contributed by atoms with Gasteiger partial charge in [0.25, 0.3) is 11.5 Å². The maximum atomic E-state index is 12.4. The summed E-state index contributed by atoms with van der Waals surface area (Å²) >= 11 is 6.00. The molecular weight excluding hydrogens is 374 g/mol. The van der Waals surface area contributed by atoms with Crippen molar-refractivity contribution in [1.82, 2.24) is 14.7 Å². The van der Waals surface area contributed by atoms with Crippen LogP contribution in [0.15, 0.2) is 46.0 Å². The van der Waals surface area contributed by atoms with Gasteiger partial charge in [0.1, 0.15) is 12.0 Å². The van der Waals surface area contributed by atoms with E-state index in [9.17, 15) is 14.7 Å². The van der Waals surface area contributed by atoms with Gasteiger partial charge < -0.3 is 19.8 Å². The first kappa shape index (κ1) is 18.5. The summed E-state index contributed by atoms with van der Waals surface area (Å²) in [5.41, 5.74) is 0.0270. The largest absolute Gasteiger partial charge is 0.501 e. The molecule has 0 aliphatic heterocycles. The van der Waals surface area contributed by atoms with E-state index in [4.69, 9.17) is 11.6 Å². The number of aromatic nitrogens is 3. The van der Waals surface area contributed by atoms with Gasteiger partial charge in [-0.25, -0.2) is 4.98 Å². The molecule has 0 aliphatic rings. The van der Waals surface area contributed by atoms with Crippen LogP contribution in [0.4, 0.5) is 11.6 Å². The SMILES string of the molecule is CN(Cc1cccc(Cl)c1)c1nc(C(=O)Nc2cnoc2)c(O)c(=O)n1C. The fraction of sp³-hybridized carbons (Fsp3) is 0.176. The second-order valence-electron chi connectivity index (χ2n) is 5.83. The lowest BCUT2D eigenvalue weighted by Gasteiger charge is -2.21. The molecule has 3 aromatic rings. The topological polar surface area (TPSA) is 113 Å². The smallest absolute Gasteiger partial charge is 0.297 e. The molecule has 0 saturated heterocycles. The number of nitrogens with one attached hydrogen (secondary N) is 1. The maximum Gasteiger partial charge on any atom is 0.297 e. The number of carbonyl (C=O) groups excluding carboxylic acids is 1. The van der Waals surface area contributed by atoms with Crippen LogP contribution in [-0.4, -0.2) is 32.8 Å². The lowest BCUT2D eigenvalue weighted by atomic mass is 10.2. The normalized spacial score (nSPS) is 10.6. The molecule has 0 spiro atoms. The van der Waals surface area contributed by atoms with Crippen LogP contribution >= 0.6 is 11.6 Å². The molecule has 27 heavy (non-hydrogen) atoms. The number of anilines is 2. The fourth-order valence-electron chi connectivity index (χ4n) is 2.52. The van der Waals surface area contributed by atoms with Crippen molar-refractivity contribution in [3.8, 4) is 5.75 Å². The highest BCUT2D eigenvalue weighted by Gasteiger charge is 2.22. The number of halogens is 1. The van der Waals surface area contributed by atoms with E-state index in [0.29, 0.717) is 11.6 Å². The molecule has 0 bridgehead atoms. The number of nitrogens with zero attached hydrogens (tertiary/aromatic N) is 4. The summed E-state index contributed by atoms with van der Waals surface area (Å²) in [5, 5.41) is 16.6. The summed E-state index contributed by atoms with van der Waals surface area (Å²) in [5.74, 6) is -1.30. The first-order chi connectivity index (χ1) is 12.9. The van der Waals surface area contributed by atoms with Gasteiger partial charge in [0.05, 0.1) is 6.20 Å². The van der Waals surface area contributed by atoms with Crippen molar-refractivity contribution >= 4 is 29.1 Å². The molecule has 10 heteroatoms. The molecule has 0 radical (unpaired) electrons. The van der Waals surface area contributed by atoms with Crippen LogP contribution in [0.3, 0.4) is 0 Å². The standard InChI is InChI=1S/C17H16ClN5O4/c1-22(8-10-4-3-5-11(18)6-10)17-21-13(14(24)16(26)23(17)2)15(25)20-12-7-19-27-9-12/h3-7,9,24H,8H2,1-2H3,(H,20,25). The van der Waals surface area contributed by atoms with Gasteiger partial charge in [-0.05, 0) is 17.7 Å². The molecule has 0 atom stereocenters. The molecule has 3 rings (SSSR count). The average Bonchev–Trinajstić information content (AvgIpc) is 3.12. The van der Waals surface area contributed by atoms with Crippen LogP contribution in [0.1, 0.15) is 16.1 Å². The Hall–Kier alpha value is -3.33. The molecule has 0 unspecified atom stereocenters. The molecule has 2 aromatic heterocycles. The summed E-state index contributed by atoms with van der Waals surface area (Å²) < 4.78 is 5.79. The third kappa shape index (κ3) is 3.93. The van der Waals surface area contributed by atoms with E-state index in [0.717, 1.165) is 10.1 Å². The maximum absolute atomic E-state index is 12.4. The predicted molar refractivity (Wildman–Crippen MR) is 99.2 cm³/mol. The highest BCUT2D eigenvalue weighted by Crippen LogP contribution is 2.19. The van der Waals surface area contributed by atoms with Crippen LogP contribution in [0.25, 0.3) is 0 Å². The summed E-state index contributed by atoms with van der Waals surface area (Å²) in [4.78, 5) is 30.6. The van der Waals surface area contributed by atoms with Crippen LogP contribution in [0, 0.1) is 0 Å². The van der Waals surface area contributed by atoms with Gasteiger partial charge >= 0.3 is 0 Å². The second-order valence-corrected chi connectivity index (χ2v) is 6.26. The van der Waals surface area contributed by atoms with Crippen molar-refractivity contribution < 1.29 is 14.4 Å². The van der Waals surface area contributed by atoms with E-state index >= 15 is 0 Å². The van der Waals surface area contributed by atoms with E-state index < -0.39 is 22.9 Å². The molecule has 0 aliphatic carbocycles. The number of amides is 1. The van der Waals surface area contributed by atoms with E-state index in [-0.39, 0.29) is 11.6 Å². The summed E-state index contributed by atoms with van der Waals surface area (Å²) in [6.07, 6.45) is 2.49. The first-order valence-corrected chi connectivity index (χ1v) is 8.21. The Morgan fingerprint density at radius 3 is 2.89 bits per heavy atom. The first-order valence-electron chi connectivity index (χ1n) is 7.83. The highest BCUT2D eigenvalue weighted by atomic mass is 35.5. The van der Waals surface area contributed by atoms with Crippen molar-refractivity contribution in [2.45, 2.75) is 6.54 Å². The molecule has 1 aromatic carbocycles. The third-order valence-corrected chi connectivity index (χ3v) is 4.03. The summed E-state index contributed by atoms with van der Waals surface area (Å²) in [7, 11) is 3.17. The van der Waals surface area contributed by atoms with E-state index in [2.05, 4.69) is 20.0 Å². The van der Waals surface area contributed by atoms with Crippen molar-refractivity contribution in [3.63, 3.8) is 0 Å². The number of aromatic hydroxyl groups is 1. The molecular formula is C17H16ClN5O4. The Morgan fingerprint density at radius 2 is 2.22 bits per heavy atom. The van der Waals surface area contributed by atoms with Gasteiger partial charge in [-0.15, -0.1) is 0 Å². The molecule has 2 heterocycles. The lowest BCUT2D eigenvalue weighted by molar-refractivity contribution is 0.101. The molecule has 0 saturated carbocycles. The molecule has 1 amide bonds. The van der Waals surface area contributed by atoms with Crippen LogP contribution < -0.4 is 15.8 Å². The number of carbonyl (C=O) groups is 1. The van der Waals surface area contributed by atoms with E-state index in [1.54, 1.807) is 24.1 Å². The minimum atomic E-state index is -0.759. The Bertz CT molecular complexity index is 1030. The van der Waals surface area contributed by atoms with Crippen molar-refractivity contribution in [1.29, 1.82) is 0 Å². The van der Waals surface area contributed by atoms with Crippen molar-refractivity contribution in [2.24, 2.45) is 7.05 Å². The second kappa shape index (κ2) is 7.50. The zero-order chi connectivity index (χ0) is 19.6. The third-order valence-electron chi connectivity index (χ3n) is 3.80. The van der Waals surface area contributed by atoms with Crippen LogP contribution in [-0.2, 0) is 13.6 Å². The quantitative estimate of drug-likeness (QED) is 0.686. The van der Waals surface area contributed by atoms with Gasteiger partial charge in [0.15, 0.2) is 5.69 Å². The zero-order valence-electron chi connectivity index (χ0n) is 14.5. The lowest BCUT2D eigenvalue weighted by Crippen LogP contribution is -2.31. The number of rotatable bonds is 5. The molecule has 9 nitrogen and oxygen atoms in total. The van der Waals surface area contributed by atoms with Gasteiger partial charge in [0, 0.05) is 25.7 Å². The van der Waals surface area contributed by atoms with Gasteiger partial charge in [-0.2, -0.15) is 0 Å². The van der Waals surface area contributed by atoms with E-state index in [1.165, 1.54) is 19.5 Å². The Labute approximate surface area is 158 Å². The van der Waals surface area contributed by atoms with Gasteiger partial charge in [-0.1, -0.05) is 28.9 Å². The Kier molecular flexibility index (Phi) is 5.13. The summed E-state index contributed by atoms with van der Waals surface area (Å²) in [6.45, 7) is 0.387. The van der Waals surface area contributed by atoms with Gasteiger partial charge in [0.2, 0.25) is 11.7 Å². The molecule has 0 fully saturated rings. The van der Waals surface area contributed by atoms with E-state index in [1.807, 2.05) is 12.1 Å². The van der Waals surface area contributed by atoms with Crippen LogP contribution in [0.2, 0.25) is 5.02 Å². The average molecular weight is 390 g/mol. The van der Waals surface area contributed by atoms with Crippen molar-refractivity contribution in [3.05, 3.63) is 63.4 Å². The Morgan fingerprint density at radius 1 is 1.44 bits per heavy atom. The number of benzene rings is 1. The fourth-order valence-corrected chi connectivity index (χ4v) is 2.73. The predicted octanol–water partition coefficient (Wildman–Crippen LogP) is 2.02. The zero-order valence-corrected chi connectivity index (χ0v) is 15.3. The molecule has 140 valence electrons. The minimum Gasteiger partial charge on any atom is -0.501 e. The number of hydrogen-bond acceptors (Lipinski definition) is 7. The summed E-state index contributed by atoms with van der Waals surface area (Å²) in [6, 6.07) is 7.23. The Balaban J connectivity index is 1.94. The van der Waals surface area contributed by atoms with Gasteiger partial charge in [-0.3, -0.25) is 14.2 Å². The highest BCUT2D eigenvalue weighted by molar-refractivity contribution is 6.30. The minimum absolute atomic E-state index is 0.202.